The molecular formula is C20H23Cl2N3O6. The molecule has 1 amide bonds. The molecule has 1 aliphatic rings. The van der Waals surface area contributed by atoms with E-state index in [0.717, 1.165) is 0 Å². The van der Waals surface area contributed by atoms with Crippen LogP contribution in [0.25, 0.3) is 0 Å². The lowest BCUT2D eigenvalue weighted by Crippen LogP contribution is -2.42. The number of nitrogens with zero attached hydrogens (tertiary/aromatic N) is 1. The third kappa shape index (κ3) is 5.30. The van der Waals surface area contributed by atoms with Crippen molar-refractivity contribution in [3.05, 3.63) is 60.8 Å². The number of hydrogen-bond donors (Lipinski definition) is 3. The zero-order valence-electron chi connectivity index (χ0n) is 16.9. The van der Waals surface area contributed by atoms with Crippen molar-refractivity contribution in [1.82, 2.24) is 14.9 Å². The predicted molar refractivity (Wildman–Crippen MR) is 115 cm³/mol. The second kappa shape index (κ2) is 9.86. The molecule has 1 aromatic carbocycles. The topological polar surface area (TPSA) is 123 Å². The maximum Gasteiger partial charge on any atom is 0.330 e. The largest absolute Gasteiger partial charge is 0.478 e. The number of amides is 1. The number of ether oxygens (including phenoxy) is 2. The molecule has 9 nitrogen and oxygen atoms in total. The van der Waals surface area contributed by atoms with E-state index in [4.69, 9.17) is 32.7 Å². The molecule has 3 rings (SSSR count). The van der Waals surface area contributed by atoms with Gasteiger partial charge in [-0.3, -0.25) is 19.1 Å². The Kier molecular flexibility index (Phi) is 7.42. The molecule has 0 aliphatic carbocycles. The molecule has 1 aromatic heterocycles. The van der Waals surface area contributed by atoms with Gasteiger partial charge in [-0.05, 0) is 25.5 Å². The highest BCUT2D eigenvalue weighted by atomic mass is 35.5. The molecule has 0 bridgehead atoms. The summed E-state index contributed by atoms with van der Waals surface area (Å²) in [7, 11) is 0. The van der Waals surface area contributed by atoms with Gasteiger partial charge in [0.25, 0.3) is 11.5 Å². The third-order valence-electron chi connectivity index (χ3n) is 5.00. The number of carbonyl (C=O) groups is 1. The second-order valence-corrected chi connectivity index (χ2v) is 7.98. The van der Waals surface area contributed by atoms with Gasteiger partial charge in [0.1, 0.15) is 12.3 Å². The summed E-state index contributed by atoms with van der Waals surface area (Å²) in [5.41, 5.74) is -0.639. The second-order valence-electron chi connectivity index (χ2n) is 7.16. The summed E-state index contributed by atoms with van der Waals surface area (Å²) in [5.74, 6) is -0.250. The van der Waals surface area contributed by atoms with Crippen molar-refractivity contribution >= 4 is 29.1 Å². The summed E-state index contributed by atoms with van der Waals surface area (Å²) in [6.07, 6.45) is -1.31. The highest BCUT2D eigenvalue weighted by Gasteiger charge is 2.36. The van der Waals surface area contributed by atoms with Gasteiger partial charge in [0.15, 0.2) is 11.9 Å². The van der Waals surface area contributed by atoms with Gasteiger partial charge in [-0.1, -0.05) is 36.2 Å². The number of aryl methyl sites for hydroxylation is 1. The average molecular weight is 472 g/mol. The number of aliphatic hydroxyl groups is 1. The van der Waals surface area contributed by atoms with Gasteiger partial charge in [0.2, 0.25) is 0 Å². The molecule has 168 valence electrons. The molecule has 3 N–H and O–H groups in total. The van der Waals surface area contributed by atoms with Gasteiger partial charge in [-0.15, -0.1) is 0 Å². The normalized spacial score (nSPS) is 21.6. The Balaban J connectivity index is 1.60. The van der Waals surface area contributed by atoms with Crippen molar-refractivity contribution in [1.29, 1.82) is 0 Å². The molecule has 2 aromatic rings. The highest BCUT2D eigenvalue weighted by Crippen LogP contribution is 2.33. The molecule has 1 fully saturated rings. The van der Waals surface area contributed by atoms with Gasteiger partial charge in [0, 0.05) is 24.7 Å². The molecular weight excluding hydrogens is 449 g/mol. The van der Waals surface area contributed by atoms with E-state index < -0.39 is 41.7 Å². The van der Waals surface area contributed by atoms with E-state index in [-0.39, 0.29) is 28.8 Å². The summed E-state index contributed by atoms with van der Waals surface area (Å²) < 4.78 is 12.6. The monoisotopic (exact) mass is 471 g/mol. The first kappa shape index (κ1) is 23.3. The zero-order valence-corrected chi connectivity index (χ0v) is 18.4. The van der Waals surface area contributed by atoms with Crippen LogP contribution < -0.4 is 21.3 Å². The number of rotatable bonds is 7. The van der Waals surface area contributed by atoms with Crippen LogP contribution in [0, 0.1) is 0 Å². The van der Waals surface area contributed by atoms with E-state index in [1.165, 1.54) is 17.7 Å². The number of carbonyl (C=O) groups excluding carboxylic acids is 1. The van der Waals surface area contributed by atoms with Crippen LogP contribution in [-0.4, -0.2) is 45.4 Å². The number of aromatic nitrogens is 2. The van der Waals surface area contributed by atoms with Crippen LogP contribution in [0.5, 0.6) is 5.75 Å². The van der Waals surface area contributed by atoms with Gasteiger partial charge in [-0.2, -0.15) is 0 Å². The Bertz CT molecular complexity index is 1050. The zero-order chi connectivity index (χ0) is 22.7. The maximum absolute atomic E-state index is 12.4. The number of H-pyrrole nitrogens is 1. The van der Waals surface area contributed by atoms with E-state index in [2.05, 4.69) is 10.3 Å². The lowest BCUT2D eigenvalue weighted by atomic mass is 10.1. The number of benzene rings is 1. The Morgan fingerprint density at radius 2 is 2.06 bits per heavy atom. The van der Waals surface area contributed by atoms with Crippen LogP contribution in [0.15, 0.2) is 34.0 Å². The molecule has 4 atom stereocenters. The smallest absolute Gasteiger partial charge is 0.330 e. The van der Waals surface area contributed by atoms with Crippen molar-refractivity contribution in [2.75, 3.05) is 6.54 Å². The van der Waals surface area contributed by atoms with Crippen LogP contribution in [0.2, 0.25) is 10.0 Å². The van der Waals surface area contributed by atoms with Crippen molar-refractivity contribution in [3.63, 3.8) is 0 Å². The predicted octanol–water partition coefficient (Wildman–Crippen LogP) is 1.64. The minimum atomic E-state index is -0.913. The first-order valence-corrected chi connectivity index (χ1v) is 10.5. The molecule has 0 spiro atoms. The quantitative estimate of drug-likeness (QED) is 0.563. The maximum atomic E-state index is 12.4. The fourth-order valence-corrected chi connectivity index (χ4v) is 3.72. The molecule has 1 aliphatic heterocycles. The third-order valence-corrected chi connectivity index (χ3v) is 5.59. The number of hydrogen-bond acceptors (Lipinski definition) is 6. The van der Waals surface area contributed by atoms with Crippen LogP contribution >= 0.6 is 23.2 Å². The Labute approximate surface area is 187 Å². The Morgan fingerprint density at radius 3 is 2.71 bits per heavy atom. The van der Waals surface area contributed by atoms with E-state index in [1.54, 1.807) is 25.1 Å². The van der Waals surface area contributed by atoms with Crippen LogP contribution in [0.3, 0.4) is 0 Å². The first-order valence-electron chi connectivity index (χ1n) is 9.77. The summed E-state index contributed by atoms with van der Waals surface area (Å²) >= 11 is 12.1. The minimum Gasteiger partial charge on any atom is -0.478 e. The highest BCUT2D eigenvalue weighted by molar-refractivity contribution is 6.37. The van der Waals surface area contributed by atoms with Gasteiger partial charge in [0.05, 0.1) is 16.1 Å². The Hall–Kier alpha value is -2.33. The number of para-hydroxylation sites is 1. The lowest BCUT2D eigenvalue weighted by molar-refractivity contribution is -0.128. The van der Waals surface area contributed by atoms with Crippen LogP contribution in [-0.2, 0) is 16.0 Å². The average Bonchev–Trinajstić information content (AvgIpc) is 3.09. The fourth-order valence-electron chi connectivity index (χ4n) is 3.23. The summed E-state index contributed by atoms with van der Waals surface area (Å²) in [5, 5.41) is 13.5. The van der Waals surface area contributed by atoms with Crippen LogP contribution in [0.1, 0.15) is 32.1 Å². The molecule has 11 heteroatoms. The van der Waals surface area contributed by atoms with Crippen molar-refractivity contribution < 1.29 is 19.4 Å². The van der Waals surface area contributed by atoms with Gasteiger partial charge in [-0.25, -0.2) is 4.79 Å². The van der Waals surface area contributed by atoms with Crippen molar-refractivity contribution in [3.8, 4) is 5.75 Å². The minimum absolute atomic E-state index is 0.000801. The molecule has 31 heavy (non-hydrogen) atoms. The van der Waals surface area contributed by atoms with Gasteiger partial charge >= 0.3 is 5.69 Å². The lowest BCUT2D eigenvalue weighted by Gasteiger charge is -2.20. The number of halogens is 2. The fraction of sp³-hybridized carbons (Fsp3) is 0.450. The summed E-state index contributed by atoms with van der Waals surface area (Å²) in [6.45, 7) is 3.33. The van der Waals surface area contributed by atoms with Crippen molar-refractivity contribution in [2.45, 2.75) is 51.2 Å². The number of nitrogens with one attached hydrogen (secondary N) is 2. The Morgan fingerprint density at radius 1 is 1.39 bits per heavy atom. The number of aromatic amines is 1. The van der Waals surface area contributed by atoms with E-state index in [9.17, 15) is 19.5 Å². The van der Waals surface area contributed by atoms with E-state index >= 15 is 0 Å². The van der Waals surface area contributed by atoms with E-state index in [1.807, 2.05) is 0 Å². The first-order chi connectivity index (χ1) is 14.7. The standard InChI is InChI=1S/C20H23Cl2N3O6/c1-3-11-9-25(20(29)24-19(11)28)16-7-14(26)15(31-16)8-23-18(27)10(2)30-17-12(21)5-4-6-13(17)22/h4-6,9-10,14-16,26H,3,7-8H2,1-2H3,(H,23,27)(H,24,28,29)/t10-,14?,15-,16-/m0/s1. The molecule has 0 radical (unpaired) electrons. The molecule has 1 unspecified atom stereocenters. The van der Waals surface area contributed by atoms with Crippen LogP contribution in [0.4, 0.5) is 0 Å². The molecule has 0 saturated carbocycles. The van der Waals surface area contributed by atoms with E-state index in [0.29, 0.717) is 12.0 Å². The number of aliphatic hydroxyl groups excluding tert-OH is 1. The SMILES string of the molecule is CCc1cn([C@@H]2CC(O)[C@H](CNC(=O)[C@H](C)Oc3c(Cl)cccc3Cl)O2)c(=O)[nH]c1=O. The summed E-state index contributed by atoms with van der Waals surface area (Å²) in [4.78, 5) is 38.5. The molecule has 2 heterocycles. The summed E-state index contributed by atoms with van der Waals surface area (Å²) in [6, 6.07) is 4.85. The van der Waals surface area contributed by atoms with Crippen molar-refractivity contribution in [2.24, 2.45) is 0 Å². The molecule has 1 saturated heterocycles. The van der Waals surface area contributed by atoms with Gasteiger partial charge < -0.3 is 19.9 Å².